The Morgan fingerprint density at radius 1 is 1.52 bits per heavy atom. The van der Waals surface area contributed by atoms with Gasteiger partial charge in [-0.25, -0.2) is 13.4 Å². The van der Waals surface area contributed by atoms with E-state index in [0.29, 0.717) is 38.4 Å². The smallest absolute Gasteiger partial charge is 0.244 e. The summed E-state index contributed by atoms with van der Waals surface area (Å²) >= 11 is 0. The maximum Gasteiger partial charge on any atom is 0.244 e. The third-order valence-electron chi connectivity index (χ3n) is 3.75. The zero-order valence-corrected chi connectivity index (χ0v) is 13.9. The highest BCUT2D eigenvalue weighted by Crippen LogP contribution is 2.24. The van der Waals surface area contributed by atoms with Crippen molar-refractivity contribution >= 4 is 15.9 Å². The molecule has 1 atom stereocenters. The van der Waals surface area contributed by atoms with Gasteiger partial charge < -0.3 is 15.8 Å². The van der Waals surface area contributed by atoms with E-state index in [1.165, 1.54) is 29.7 Å². The number of nitrogens with zero attached hydrogens (tertiary/aromatic N) is 2. The van der Waals surface area contributed by atoms with Crippen LogP contribution in [0, 0.1) is 5.92 Å². The maximum absolute atomic E-state index is 12.7. The molecule has 3 N–H and O–H groups in total. The van der Waals surface area contributed by atoms with Crippen molar-refractivity contribution in [3.8, 4) is 5.88 Å². The van der Waals surface area contributed by atoms with Crippen LogP contribution >= 0.6 is 0 Å². The quantitative estimate of drug-likeness (QED) is 0.725. The predicted molar refractivity (Wildman–Crippen MR) is 84.3 cm³/mol. The number of ether oxygens (including phenoxy) is 1. The Labute approximate surface area is 136 Å². The van der Waals surface area contributed by atoms with Crippen LogP contribution in [-0.2, 0) is 14.8 Å². The molecule has 9 heteroatoms. The first-order valence-corrected chi connectivity index (χ1v) is 8.91. The Morgan fingerprint density at radius 3 is 2.91 bits per heavy atom. The third-order valence-corrected chi connectivity index (χ3v) is 5.60. The first-order valence-electron chi connectivity index (χ1n) is 7.47. The number of pyridine rings is 1. The van der Waals surface area contributed by atoms with Crippen molar-refractivity contribution in [1.82, 2.24) is 14.6 Å². The molecule has 1 aromatic heterocycles. The molecule has 1 aliphatic heterocycles. The molecule has 1 unspecified atom stereocenters. The zero-order chi connectivity index (χ0) is 16.9. The lowest BCUT2D eigenvalue weighted by atomic mass is 9.99. The summed E-state index contributed by atoms with van der Waals surface area (Å²) in [4.78, 5) is 16.1. The van der Waals surface area contributed by atoms with E-state index in [4.69, 9.17) is 10.5 Å². The first kappa shape index (κ1) is 17.6. The fraction of sp³-hybridized carbons (Fsp3) is 0.571. The summed E-state index contributed by atoms with van der Waals surface area (Å²) in [6.07, 6.45) is 2.58. The summed E-state index contributed by atoms with van der Waals surface area (Å²) in [6.45, 7) is 1.32. The van der Waals surface area contributed by atoms with Crippen LogP contribution in [-0.4, -0.2) is 56.9 Å². The largest absolute Gasteiger partial charge is 0.481 e. The van der Waals surface area contributed by atoms with Gasteiger partial charge in [0.2, 0.25) is 21.8 Å². The maximum atomic E-state index is 12.7. The fourth-order valence-electron chi connectivity index (χ4n) is 2.50. The molecule has 2 heterocycles. The topological polar surface area (TPSA) is 115 Å². The van der Waals surface area contributed by atoms with E-state index in [0.717, 1.165) is 0 Å². The van der Waals surface area contributed by atoms with Crippen LogP contribution in [0.2, 0.25) is 0 Å². The Kier molecular flexibility index (Phi) is 5.91. The lowest BCUT2D eigenvalue weighted by Crippen LogP contribution is -2.46. The van der Waals surface area contributed by atoms with Crippen molar-refractivity contribution in [2.24, 2.45) is 11.7 Å². The van der Waals surface area contributed by atoms with Gasteiger partial charge in [-0.1, -0.05) is 0 Å². The molecular formula is C14H22N4O4S. The van der Waals surface area contributed by atoms with E-state index < -0.39 is 10.0 Å². The lowest BCUT2D eigenvalue weighted by molar-refractivity contribution is -0.126. The number of piperidine rings is 1. The van der Waals surface area contributed by atoms with Crippen molar-refractivity contribution in [1.29, 1.82) is 0 Å². The van der Waals surface area contributed by atoms with E-state index in [2.05, 4.69) is 10.3 Å². The molecule has 2 rings (SSSR count). The first-order chi connectivity index (χ1) is 11.0. The number of aromatic nitrogens is 1. The lowest BCUT2D eigenvalue weighted by Gasteiger charge is -2.31. The molecule has 23 heavy (non-hydrogen) atoms. The van der Waals surface area contributed by atoms with Crippen LogP contribution in [0.4, 0.5) is 0 Å². The summed E-state index contributed by atoms with van der Waals surface area (Å²) in [6, 6.07) is 2.96. The number of nitrogens with two attached hydrogens (primary N) is 1. The van der Waals surface area contributed by atoms with Gasteiger partial charge in [0.1, 0.15) is 4.90 Å². The molecule has 1 fully saturated rings. The van der Waals surface area contributed by atoms with Gasteiger partial charge in [-0.15, -0.1) is 0 Å². The molecule has 8 nitrogen and oxygen atoms in total. The van der Waals surface area contributed by atoms with E-state index in [-0.39, 0.29) is 23.3 Å². The minimum absolute atomic E-state index is 0.0984. The summed E-state index contributed by atoms with van der Waals surface area (Å²) in [5, 5.41) is 2.71. The molecule has 0 radical (unpaired) electrons. The highest BCUT2D eigenvalue weighted by Gasteiger charge is 2.33. The fourth-order valence-corrected chi connectivity index (χ4v) is 3.97. The van der Waals surface area contributed by atoms with E-state index >= 15 is 0 Å². The van der Waals surface area contributed by atoms with Crippen molar-refractivity contribution in [2.45, 2.75) is 17.7 Å². The van der Waals surface area contributed by atoms with Crippen LogP contribution in [0.5, 0.6) is 5.88 Å². The molecule has 1 aromatic rings. The van der Waals surface area contributed by atoms with Gasteiger partial charge in [-0.3, -0.25) is 4.79 Å². The van der Waals surface area contributed by atoms with Crippen LogP contribution in [0.3, 0.4) is 0 Å². The molecule has 0 bridgehead atoms. The number of sulfonamides is 1. The summed E-state index contributed by atoms with van der Waals surface area (Å²) in [5.41, 5.74) is 5.36. The number of carbonyl (C=O) groups excluding carboxylic acids is 1. The van der Waals surface area contributed by atoms with Gasteiger partial charge in [0.05, 0.1) is 19.2 Å². The van der Waals surface area contributed by atoms with Crippen molar-refractivity contribution in [3.63, 3.8) is 0 Å². The molecule has 128 valence electrons. The molecule has 1 amide bonds. The van der Waals surface area contributed by atoms with Crippen molar-refractivity contribution < 1.29 is 17.9 Å². The van der Waals surface area contributed by atoms with Gasteiger partial charge in [0, 0.05) is 32.2 Å². The Bertz CT molecular complexity index is 633. The number of methoxy groups -OCH3 is 1. The number of rotatable bonds is 6. The summed E-state index contributed by atoms with van der Waals surface area (Å²) in [7, 11) is -2.20. The van der Waals surface area contributed by atoms with Gasteiger partial charge >= 0.3 is 0 Å². The average molecular weight is 342 g/mol. The van der Waals surface area contributed by atoms with Gasteiger partial charge in [-0.2, -0.15) is 4.31 Å². The third kappa shape index (κ3) is 4.18. The van der Waals surface area contributed by atoms with Gasteiger partial charge in [0.25, 0.3) is 0 Å². The standard InChI is InChI=1S/C14H22N4O4S/c1-22-13-5-4-12(9-17-13)23(20,21)18-8-2-3-11(10-18)14(19)16-7-6-15/h4-5,9,11H,2-3,6-8,10,15H2,1H3,(H,16,19). The summed E-state index contributed by atoms with van der Waals surface area (Å²) < 4.78 is 31.6. The highest BCUT2D eigenvalue weighted by atomic mass is 32.2. The second-order valence-corrected chi connectivity index (χ2v) is 7.26. The Balaban J connectivity index is 2.10. The van der Waals surface area contributed by atoms with E-state index in [9.17, 15) is 13.2 Å². The Hall–Kier alpha value is -1.71. The summed E-state index contributed by atoms with van der Waals surface area (Å²) in [5.74, 6) is -0.152. The number of carbonyl (C=O) groups is 1. The number of amides is 1. The molecule has 0 aliphatic carbocycles. The van der Waals surface area contributed by atoms with Crippen molar-refractivity contribution in [2.75, 3.05) is 33.3 Å². The van der Waals surface area contributed by atoms with E-state index in [1.807, 2.05) is 0 Å². The van der Waals surface area contributed by atoms with E-state index in [1.54, 1.807) is 0 Å². The number of hydrogen-bond donors (Lipinski definition) is 2. The molecule has 1 aliphatic rings. The average Bonchev–Trinajstić information content (AvgIpc) is 2.59. The SMILES string of the molecule is COc1ccc(S(=O)(=O)N2CCCC(C(=O)NCCN)C2)cn1. The predicted octanol–water partition coefficient (Wildman–Crippen LogP) is -0.434. The molecule has 0 spiro atoms. The molecule has 0 saturated carbocycles. The normalized spacial score (nSPS) is 19.3. The highest BCUT2D eigenvalue weighted by molar-refractivity contribution is 7.89. The zero-order valence-electron chi connectivity index (χ0n) is 13.1. The van der Waals surface area contributed by atoms with Crippen LogP contribution in [0.25, 0.3) is 0 Å². The number of nitrogens with one attached hydrogen (secondary N) is 1. The molecule has 1 saturated heterocycles. The van der Waals surface area contributed by atoms with Crippen molar-refractivity contribution in [3.05, 3.63) is 18.3 Å². The second kappa shape index (κ2) is 7.71. The molecule has 0 aromatic carbocycles. The minimum atomic E-state index is -3.66. The monoisotopic (exact) mass is 342 g/mol. The van der Waals surface area contributed by atoms with Gasteiger partial charge in [0.15, 0.2) is 0 Å². The minimum Gasteiger partial charge on any atom is -0.481 e. The second-order valence-electron chi connectivity index (χ2n) is 5.32. The Morgan fingerprint density at radius 2 is 2.30 bits per heavy atom. The van der Waals surface area contributed by atoms with Gasteiger partial charge in [-0.05, 0) is 18.9 Å². The van der Waals surface area contributed by atoms with Crippen LogP contribution in [0.1, 0.15) is 12.8 Å². The number of hydrogen-bond acceptors (Lipinski definition) is 6. The van der Waals surface area contributed by atoms with Crippen LogP contribution < -0.4 is 15.8 Å². The molecular weight excluding hydrogens is 320 g/mol. The van der Waals surface area contributed by atoms with Crippen LogP contribution in [0.15, 0.2) is 23.2 Å².